The van der Waals surface area contributed by atoms with Gasteiger partial charge in [0, 0.05) is 38.0 Å². The fraction of sp³-hybridized carbons (Fsp3) is 0.600. The number of likely N-dealkylation sites (tertiary alicyclic amines) is 1. The molecule has 0 saturated carbocycles. The highest BCUT2D eigenvalue weighted by atomic mass is 16.5. The molecule has 0 unspecified atom stereocenters. The first-order valence-corrected chi connectivity index (χ1v) is 9.30. The van der Waals surface area contributed by atoms with Crippen molar-refractivity contribution >= 4 is 11.8 Å². The number of ether oxygens (including phenoxy) is 2. The van der Waals surface area contributed by atoms with E-state index in [9.17, 15) is 9.59 Å². The summed E-state index contributed by atoms with van der Waals surface area (Å²) in [5, 5.41) is 0. The van der Waals surface area contributed by atoms with Gasteiger partial charge in [0.25, 0.3) is 0 Å². The van der Waals surface area contributed by atoms with Gasteiger partial charge in [-0.15, -0.1) is 0 Å². The third kappa shape index (κ3) is 3.85. The van der Waals surface area contributed by atoms with E-state index in [1.807, 2.05) is 47.9 Å². The van der Waals surface area contributed by atoms with Gasteiger partial charge in [0.05, 0.1) is 26.2 Å². The highest BCUT2D eigenvalue weighted by molar-refractivity contribution is 5.84. The number of benzene rings is 1. The first-order chi connectivity index (χ1) is 12.5. The smallest absolute Gasteiger partial charge is 0.228 e. The van der Waals surface area contributed by atoms with Gasteiger partial charge in [-0.05, 0) is 17.7 Å². The van der Waals surface area contributed by atoms with Crippen LogP contribution in [0.4, 0.5) is 0 Å². The SMILES string of the molecule is COc1cccc([C@@H]2CN(C(=O)C(C)C)C[C@@H]2C(=O)N2CCOCC2)c1. The first kappa shape index (κ1) is 18.7. The van der Waals surface area contributed by atoms with Crippen molar-refractivity contribution in [1.29, 1.82) is 0 Å². The fourth-order valence-corrected chi connectivity index (χ4v) is 3.83. The zero-order valence-corrected chi connectivity index (χ0v) is 15.8. The van der Waals surface area contributed by atoms with Gasteiger partial charge in [-0.2, -0.15) is 0 Å². The lowest BCUT2D eigenvalue weighted by atomic mass is 9.87. The minimum atomic E-state index is -0.220. The number of hydrogen-bond donors (Lipinski definition) is 0. The van der Waals surface area contributed by atoms with Crippen LogP contribution in [0.1, 0.15) is 25.3 Å². The molecule has 26 heavy (non-hydrogen) atoms. The third-order valence-corrected chi connectivity index (χ3v) is 5.29. The Morgan fingerprint density at radius 3 is 2.54 bits per heavy atom. The van der Waals surface area contributed by atoms with Gasteiger partial charge in [-0.25, -0.2) is 0 Å². The quantitative estimate of drug-likeness (QED) is 0.821. The molecule has 2 heterocycles. The van der Waals surface area contributed by atoms with Crippen LogP contribution in [-0.2, 0) is 14.3 Å². The van der Waals surface area contributed by atoms with Crippen LogP contribution in [0.3, 0.4) is 0 Å². The van der Waals surface area contributed by atoms with Crippen LogP contribution in [0.5, 0.6) is 5.75 Å². The van der Waals surface area contributed by atoms with Crippen molar-refractivity contribution in [3.8, 4) is 5.75 Å². The molecule has 0 radical (unpaired) electrons. The first-order valence-electron chi connectivity index (χ1n) is 9.30. The normalized spacial score (nSPS) is 23.4. The number of methoxy groups -OCH3 is 1. The Morgan fingerprint density at radius 1 is 1.15 bits per heavy atom. The Labute approximate surface area is 155 Å². The van der Waals surface area contributed by atoms with E-state index >= 15 is 0 Å². The number of nitrogens with zero attached hydrogens (tertiary/aromatic N) is 2. The van der Waals surface area contributed by atoms with Gasteiger partial charge in [0.2, 0.25) is 11.8 Å². The molecule has 0 bridgehead atoms. The molecular formula is C20H28N2O4. The standard InChI is InChI=1S/C20H28N2O4/c1-14(2)19(23)22-12-17(15-5-4-6-16(11-15)25-3)18(13-22)20(24)21-7-9-26-10-8-21/h4-6,11,14,17-18H,7-10,12-13H2,1-3H3/t17-,18-/m0/s1. The number of hydrogen-bond acceptors (Lipinski definition) is 4. The monoisotopic (exact) mass is 360 g/mol. The summed E-state index contributed by atoms with van der Waals surface area (Å²) in [5.41, 5.74) is 1.05. The van der Waals surface area contributed by atoms with Crippen LogP contribution in [0, 0.1) is 11.8 Å². The van der Waals surface area contributed by atoms with E-state index in [4.69, 9.17) is 9.47 Å². The molecule has 2 atom stereocenters. The predicted molar refractivity (Wildman–Crippen MR) is 98.0 cm³/mol. The summed E-state index contributed by atoms with van der Waals surface area (Å²) in [5.74, 6) is 0.702. The van der Waals surface area contributed by atoms with Gasteiger partial charge in [0.1, 0.15) is 5.75 Å². The minimum absolute atomic E-state index is 0.0110. The Morgan fingerprint density at radius 2 is 1.88 bits per heavy atom. The summed E-state index contributed by atoms with van der Waals surface area (Å²) in [6, 6.07) is 7.84. The van der Waals surface area contributed by atoms with E-state index < -0.39 is 0 Å². The second kappa shape index (κ2) is 8.08. The lowest BCUT2D eigenvalue weighted by Gasteiger charge is -2.31. The molecule has 3 rings (SSSR count). The number of amides is 2. The van der Waals surface area contributed by atoms with E-state index in [0.29, 0.717) is 39.4 Å². The van der Waals surface area contributed by atoms with Crippen molar-refractivity contribution in [2.24, 2.45) is 11.8 Å². The average Bonchev–Trinajstić information content (AvgIpc) is 3.12. The zero-order chi connectivity index (χ0) is 18.7. The van der Waals surface area contributed by atoms with Crippen molar-refractivity contribution in [3.05, 3.63) is 29.8 Å². The highest BCUT2D eigenvalue weighted by Gasteiger charge is 2.42. The van der Waals surface area contributed by atoms with Crippen LogP contribution in [0.2, 0.25) is 0 Å². The van der Waals surface area contributed by atoms with E-state index in [-0.39, 0.29) is 29.6 Å². The molecule has 2 fully saturated rings. The maximum absolute atomic E-state index is 13.2. The van der Waals surface area contributed by atoms with Crippen molar-refractivity contribution in [3.63, 3.8) is 0 Å². The number of carbonyl (C=O) groups excluding carboxylic acids is 2. The molecule has 2 amide bonds. The molecule has 2 saturated heterocycles. The van der Waals surface area contributed by atoms with Gasteiger partial charge in [-0.1, -0.05) is 26.0 Å². The lowest BCUT2D eigenvalue weighted by molar-refractivity contribution is -0.140. The average molecular weight is 360 g/mol. The van der Waals surface area contributed by atoms with Gasteiger partial charge in [0.15, 0.2) is 0 Å². The molecule has 0 aliphatic carbocycles. The summed E-state index contributed by atoms with van der Waals surface area (Å²) in [4.78, 5) is 29.4. The Bertz CT molecular complexity index is 655. The third-order valence-electron chi connectivity index (χ3n) is 5.29. The number of carbonyl (C=O) groups is 2. The molecule has 1 aromatic carbocycles. The van der Waals surface area contributed by atoms with E-state index in [1.54, 1.807) is 7.11 Å². The van der Waals surface area contributed by atoms with Gasteiger partial charge >= 0.3 is 0 Å². The van der Waals surface area contributed by atoms with E-state index in [1.165, 1.54) is 0 Å². The van der Waals surface area contributed by atoms with Crippen LogP contribution in [0.25, 0.3) is 0 Å². The lowest BCUT2D eigenvalue weighted by Crippen LogP contribution is -2.45. The summed E-state index contributed by atoms with van der Waals surface area (Å²) in [7, 11) is 1.64. The summed E-state index contributed by atoms with van der Waals surface area (Å²) >= 11 is 0. The maximum atomic E-state index is 13.2. The van der Waals surface area contributed by atoms with Crippen molar-refractivity contribution in [1.82, 2.24) is 9.80 Å². The van der Waals surface area contributed by atoms with Crippen LogP contribution < -0.4 is 4.74 Å². The van der Waals surface area contributed by atoms with Crippen LogP contribution in [0.15, 0.2) is 24.3 Å². The second-order valence-electron chi connectivity index (χ2n) is 7.33. The largest absolute Gasteiger partial charge is 0.497 e. The Hall–Kier alpha value is -2.08. The van der Waals surface area contributed by atoms with Crippen molar-refractivity contribution in [2.75, 3.05) is 46.5 Å². The van der Waals surface area contributed by atoms with E-state index in [0.717, 1.165) is 11.3 Å². The van der Waals surface area contributed by atoms with Gasteiger partial charge < -0.3 is 19.3 Å². The summed E-state index contributed by atoms with van der Waals surface area (Å²) in [6.45, 7) is 7.27. The van der Waals surface area contributed by atoms with Crippen molar-refractivity contribution in [2.45, 2.75) is 19.8 Å². The summed E-state index contributed by atoms with van der Waals surface area (Å²) in [6.07, 6.45) is 0. The molecule has 2 aliphatic rings. The maximum Gasteiger partial charge on any atom is 0.228 e. The van der Waals surface area contributed by atoms with Crippen LogP contribution >= 0.6 is 0 Å². The van der Waals surface area contributed by atoms with Crippen molar-refractivity contribution < 1.29 is 19.1 Å². The molecule has 6 nitrogen and oxygen atoms in total. The second-order valence-corrected chi connectivity index (χ2v) is 7.33. The number of rotatable bonds is 4. The molecule has 0 aromatic heterocycles. The topological polar surface area (TPSA) is 59.1 Å². The van der Waals surface area contributed by atoms with Crippen LogP contribution in [-0.4, -0.2) is 68.1 Å². The predicted octanol–water partition coefficient (Wildman–Crippen LogP) is 1.75. The molecule has 0 N–H and O–H groups in total. The molecule has 1 aromatic rings. The molecule has 142 valence electrons. The van der Waals surface area contributed by atoms with E-state index in [2.05, 4.69) is 0 Å². The number of morpholine rings is 1. The molecule has 0 spiro atoms. The Kier molecular flexibility index (Phi) is 5.81. The summed E-state index contributed by atoms with van der Waals surface area (Å²) < 4.78 is 10.7. The Balaban J connectivity index is 1.86. The highest BCUT2D eigenvalue weighted by Crippen LogP contribution is 2.36. The molecule has 2 aliphatic heterocycles. The van der Waals surface area contributed by atoms with Gasteiger partial charge in [-0.3, -0.25) is 9.59 Å². The minimum Gasteiger partial charge on any atom is -0.497 e. The fourth-order valence-electron chi connectivity index (χ4n) is 3.83. The molecule has 6 heteroatoms. The zero-order valence-electron chi connectivity index (χ0n) is 15.8. The molecular weight excluding hydrogens is 332 g/mol.